The Morgan fingerprint density at radius 3 is 2.17 bits per heavy atom. The lowest BCUT2D eigenvalue weighted by Gasteiger charge is -2.23. The number of pyridine rings is 1. The predicted molar refractivity (Wildman–Crippen MR) is 161 cm³/mol. The first-order valence-electron chi connectivity index (χ1n) is 12.9. The standard InChI is InChI=1S/C29H34BrN3O8S/c1-10-39-25(34)24-23(30)20-15-22(31-16-21(20)32(24)26(35)41-29(7,8)9)33(27(36)40-17(2)3)42(37,38)19-13-11-18(12-14-19)28(4,5)6/h11-16H,2,10H2,1,3-9H3. The van der Waals surface area contributed by atoms with E-state index >= 15 is 0 Å². The van der Waals surface area contributed by atoms with Gasteiger partial charge in [-0.25, -0.2) is 32.4 Å². The SMILES string of the molecule is C=C(C)OC(=O)N(c1cc2c(Br)c(C(=O)OCC)n(C(=O)OC(C)(C)C)c2cn1)S(=O)(=O)c1ccc(C(C)(C)C)cc1. The smallest absolute Gasteiger partial charge is 0.435 e. The third-order valence-electron chi connectivity index (χ3n) is 5.72. The normalized spacial score (nSPS) is 12.1. The van der Waals surface area contributed by atoms with E-state index in [1.54, 1.807) is 39.8 Å². The first-order chi connectivity index (χ1) is 19.3. The Kier molecular flexibility index (Phi) is 9.28. The molecule has 0 saturated heterocycles. The van der Waals surface area contributed by atoms with Gasteiger partial charge in [0.25, 0.3) is 10.0 Å². The zero-order chi connectivity index (χ0) is 31.8. The van der Waals surface area contributed by atoms with Gasteiger partial charge in [0.1, 0.15) is 5.60 Å². The maximum atomic E-state index is 13.9. The Morgan fingerprint density at radius 2 is 1.67 bits per heavy atom. The van der Waals surface area contributed by atoms with Crippen molar-refractivity contribution in [2.45, 2.75) is 71.3 Å². The van der Waals surface area contributed by atoms with E-state index in [1.807, 2.05) is 20.8 Å². The number of hydrogen-bond acceptors (Lipinski definition) is 9. The van der Waals surface area contributed by atoms with E-state index in [2.05, 4.69) is 27.5 Å². The molecule has 0 fully saturated rings. The summed E-state index contributed by atoms with van der Waals surface area (Å²) in [5.74, 6) is -1.24. The average molecular weight is 665 g/mol. The highest BCUT2D eigenvalue weighted by Gasteiger charge is 2.36. The molecule has 0 spiro atoms. The highest BCUT2D eigenvalue weighted by molar-refractivity contribution is 9.10. The Morgan fingerprint density at radius 1 is 1.07 bits per heavy atom. The molecular weight excluding hydrogens is 630 g/mol. The van der Waals surface area contributed by atoms with Gasteiger partial charge in [0.15, 0.2) is 11.5 Å². The number of ether oxygens (including phenoxy) is 3. The fourth-order valence-electron chi connectivity index (χ4n) is 3.86. The number of aromatic nitrogens is 2. The first-order valence-corrected chi connectivity index (χ1v) is 15.2. The van der Waals surface area contributed by atoms with Crippen LogP contribution in [-0.2, 0) is 29.6 Å². The van der Waals surface area contributed by atoms with Gasteiger partial charge in [0.05, 0.1) is 33.4 Å². The number of benzene rings is 1. The third-order valence-corrected chi connectivity index (χ3v) is 8.20. The van der Waals surface area contributed by atoms with Crippen molar-refractivity contribution in [2.75, 3.05) is 10.9 Å². The molecule has 13 heteroatoms. The van der Waals surface area contributed by atoms with E-state index in [0.717, 1.165) is 16.3 Å². The van der Waals surface area contributed by atoms with Gasteiger partial charge < -0.3 is 14.2 Å². The molecule has 3 rings (SSSR count). The maximum absolute atomic E-state index is 13.9. The van der Waals surface area contributed by atoms with Crippen LogP contribution in [0.5, 0.6) is 0 Å². The van der Waals surface area contributed by atoms with E-state index in [0.29, 0.717) is 4.31 Å². The molecule has 0 radical (unpaired) electrons. The van der Waals surface area contributed by atoms with Gasteiger partial charge in [-0.3, -0.25) is 0 Å². The number of amides is 1. The van der Waals surface area contributed by atoms with Crippen LogP contribution in [0.25, 0.3) is 10.9 Å². The molecule has 2 heterocycles. The minimum atomic E-state index is -4.56. The number of fused-ring (bicyclic) bond motifs is 1. The summed E-state index contributed by atoms with van der Waals surface area (Å²) in [7, 11) is -4.56. The molecule has 0 aliphatic rings. The van der Waals surface area contributed by atoms with Crippen LogP contribution >= 0.6 is 15.9 Å². The summed E-state index contributed by atoms with van der Waals surface area (Å²) < 4.78 is 44.9. The number of allylic oxidation sites excluding steroid dienone is 1. The van der Waals surface area contributed by atoms with Crippen LogP contribution in [0.15, 0.2) is 58.2 Å². The van der Waals surface area contributed by atoms with Crippen LogP contribution in [0.4, 0.5) is 15.4 Å². The molecular formula is C29H34BrN3O8S. The second kappa shape index (κ2) is 11.9. The number of halogens is 1. The maximum Gasteiger partial charge on any atom is 0.435 e. The van der Waals surface area contributed by atoms with E-state index < -0.39 is 33.8 Å². The fourth-order valence-corrected chi connectivity index (χ4v) is 5.79. The lowest BCUT2D eigenvalue weighted by Crippen LogP contribution is -2.38. The van der Waals surface area contributed by atoms with Gasteiger partial charge in [-0.1, -0.05) is 39.5 Å². The monoisotopic (exact) mass is 663 g/mol. The number of carbonyl (C=O) groups is 3. The number of nitrogens with zero attached hydrogens (tertiary/aromatic N) is 3. The van der Waals surface area contributed by atoms with Gasteiger partial charge in [-0.05, 0) is 79.7 Å². The molecule has 1 amide bonds. The second-order valence-electron chi connectivity index (χ2n) is 11.4. The largest absolute Gasteiger partial charge is 0.461 e. The molecule has 1 aromatic carbocycles. The summed E-state index contributed by atoms with van der Waals surface area (Å²) in [6.45, 7) is 17.5. The highest BCUT2D eigenvalue weighted by atomic mass is 79.9. The number of anilines is 1. The lowest BCUT2D eigenvalue weighted by atomic mass is 9.87. The van der Waals surface area contributed by atoms with Crippen molar-refractivity contribution in [3.05, 3.63) is 64.6 Å². The summed E-state index contributed by atoms with van der Waals surface area (Å²) in [6.07, 6.45) is -1.01. The van der Waals surface area contributed by atoms with Crippen molar-refractivity contribution < 1.29 is 37.0 Å². The Hall–Kier alpha value is -3.71. The molecule has 0 N–H and O–H groups in total. The van der Waals surface area contributed by atoms with Gasteiger partial charge in [-0.2, -0.15) is 0 Å². The molecule has 0 aliphatic heterocycles. The van der Waals surface area contributed by atoms with Crippen LogP contribution in [0.1, 0.15) is 71.4 Å². The highest BCUT2D eigenvalue weighted by Crippen LogP contribution is 2.36. The van der Waals surface area contributed by atoms with Crippen molar-refractivity contribution in [3.63, 3.8) is 0 Å². The molecule has 0 unspecified atom stereocenters. The summed E-state index contributed by atoms with van der Waals surface area (Å²) in [5, 5.41) is 0.181. The molecule has 2 aromatic heterocycles. The molecule has 0 aliphatic carbocycles. The summed E-state index contributed by atoms with van der Waals surface area (Å²) >= 11 is 3.35. The quantitative estimate of drug-likeness (QED) is 0.156. The van der Waals surface area contributed by atoms with E-state index in [4.69, 9.17) is 14.2 Å². The van der Waals surface area contributed by atoms with Crippen molar-refractivity contribution in [3.8, 4) is 0 Å². The van der Waals surface area contributed by atoms with E-state index in [1.165, 1.54) is 25.1 Å². The van der Waals surface area contributed by atoms with Crippen molar-refractivity contribution >= 4 is 60.8 Å². The van der Waals surface area contributed by atoms with Gasteiger partial charge >= 0.3 is 18.2 Å². The Labute approximate surface area is 253 Å². The number of sulfonamides is 1. The molecule has 42 heavy (non-hydrogen) atoms. The molecule has 226 valence electrons. The molecule has 0 atom stereocenters. The van der Waals surface area contributed by atoms with Crippen LogP contribution < -0.4 is 4.31 Å². The van der Waals surface area contributed by atoms with Gasteiger partial charge in [0.2, 0.25) is 0 Å². The van der Waals surface area contributed by atoms with Crippen LogP contribution in [0.2, 0.25) is 0 Å². The topological polar surface area (TPSA) is 134 Å². The minimum absolute atomic E-state index is 0.0252. The number of esters is 1. The van der Waals surface area contributed by atoms with E-state index in [9.17, 15) is 22.8 Å². The molecule has 11 nitrogen and oxygen atoms in total. The summed E-state index contributed by atoms with van der Waals surface area (Å²) in [5.41, 5.74) is -0.354. The Bertz CT molecular complexity index is 1660. The minimum Gasteiger partial charge on any atom is -0.461 e. The Balaban J connectivity index is 2.28. The molecule has 0 saturated carbocycles. The average Bonchev–Trinajstić information content (AvgIpc) is 3.14. The van der Waals surface area contributed by atoms with Crippen LogP contribution in [-0.4, -0.2) is 48.3 Å². The summed E-state index contributed by atoms with van der Waals surface area (Å²) in [6, 6.07) is 7.35. The molecule has 0 bridgehead atoms. The van der Waals surface area contributed by atoms with Crippen molar-refractivity contribution in [2.24, 2.45) is 0 Å². The number of hydrogen-bond donors (Lipinski definition) is 0. The number of rotatable bonds is 6. The summed E-state index contributed by atoms with van der Waals surface area (Å²) in [4.78, 5) is 43.3. The predicted octanol–water partition coefficient (Wildman–Crippen LogP) is 6.92. The van der Waals surface area contributed by atoms with Crippen LogP contribution in [0, 0.1) is 0 Å². The third kappa shape index (κ3) is 6.84. The van der Waals surface area contributed by atoms with E-state index in [-0.39, 0.29) is 49.6 Å². The zero-order valence-electron chi connectivity index (χ0n) is 24.8. The first kappa shape index (κ1) is 32.8. The van der Waals surface area contributed by atoms with Gasteiger partial charge in [0, 0.05) is 5.39 Å². The second-order valence-corrected chi connectivity index (χ2v) is 14.0. The zero-order valence-corrected chi connectivity index (χ0v) is 27.2. The number of carbonyl (C=O) groups excluding carboxylic acids is 3. The van der Waals surface area contributed by atoms with Crippen LogP contribution in [0.3, 0.4) is 0 Å². The van der Waals surface area contributed by atoms with Gasteiger partial charge in [-0.15, -0.1) is 4.31 Å². The molecule has 3 aromatic rings. The fraction of sp³-hybridized carbons (Fsp3) is 0.379. The van der Waals surface area contributed by atoms with Crippen molar-refractivity contribution in [1.29, 1.82) is 0 Å². The van der Waals surface area contributed by atoms with Crippen molar-refractivity contribution in [1.82, 2.24) is 9.55 Å². The lowest BCUT2D eigenvalue weighted by molar-refractivity contribution is 0.0452.